The summed E-state index contributed by atoms with van der Waals surface area (Å²) in [7, 11) is 0. The molecule has 1 aromatic rings. The number of carbonyl (C=O) groups is 1. The Kier molecular flexibility index (Phi) is 7.12. The molecule has 0 fully saturated rings. The van der Waals surface area contributed by atoms with Gasteiger partial charge in [0.05, 0.1) is 4.88 Å². The van der Waals surface area contributed by atoms with Crippen molar-refractivity contribution in [3.8, 4) is 0 Å². The van der Waals surface area contributed by atoms with Crippen LogP contribution < -0.4 is 0 Å². The number of thiophene rings is 1. The topological polar surface area (TPSA) is 20.3 Å². The van der Waals surface area contributed by atoms with Gasteiger partial charge in [-0.1, -0.05) is 0 Å². The standard InChI is InChI=1S/C12H17Cl2NOS/c1-10-3-9-17-12(10)11(16)2-6-15(7-4-13)8-5-14/h3,9H,2,4-8H2,1H3. The van der Waals surface area contributed by atoms with Gasteiger partial charge < -0.3 is 4.90 Å². The van der Waals surface area contributed by atoms with Crippen LogP contribution in [-0.2, 0) is 0 Å². The zero-order valence-electron chi connectivity index (χ0n) is 9.92. The first-order chi connectivity index (χ1) is 8.19. The van der Waals surface area contributed by atoms with Crippen molar-refractivity contribution >= 4 is 40.3 Å². The van der Waals surface area contributed by atoms with Gasteiger partial charge in [-0.25, -0.2) is 0 Å². The summed E-state index contributed by atoms with van der Waals surface area (Å²) < 4.78 is 0. The third-order valence-electron chi connectivity index (χ3n) is 2.57. The van der Waals surface area contributed by atoms with E-state index in [1.54, 1.807) is 0 Å². The van der Waals surface area contributed by atoms with Crippen LogP contribution in [-0.4, -0.2) is 42.1 Å². The third-order valence-corrected chi connectivity index (χ3v) is 3.97. The quantitative estimate of drug-likeness (QED) is 0.541. The molecule has 0 aromatic carbocycles. The lowest BCUT2D eigenvalue weighted by Gasteiger charge is -2.19. The fourth-order valence-electron chi connectivity index (χ4n) is 1.61. The second-order valence-corrected chi connectivity index (χ2v) is 5.50. The molecule has 0 amide bonds. The van der Waals surface area contributed by atoms with Gasteiger partial charge in [0.1, 0.15) is 0 Å². The molecule has 96 valence electrons. The number of alkyl halides is 2. The van der Waals surface area contributed by atoms with Gasteiger partial charge in [0.25, 0.3) is 0 Å². The van der Waals surface area contributed by atoms with E-state index in [1.165, 1.54) is 11.3 Å². The Balaban J connectivity index is 2.43. The minimum Gasteiger partial charge on any atom is -0.301 e. The summed E-state index contributed by atoms with van der Waals surface area (Å²) in [6.45, 7) is 4.27. The SMILES string of the molecule is Cc1ccsc1C(=O)CCN(CCCl)CCCl. The summed E-state index contributed by atoms with van der Waals surface area (Å²) in [5.74, 6) is 1.36. The van der Waals surface area contributed by atoms with Gasteiger partial charge in [0.15, 0.2) is 5.78 Å². The van der Waals surface area contributed by atoms with Gasteiger partial charge in [-0.05, 0) is 23.9 Å². The number of Topliss-reactive ketones (excluding diaryl/α,β-unsaturated/α-hetero) is 1. The zero-order valence-corrected chi connectivity index (χ0v) is 12.2. The predicted molar refractivity (Wildman–Crippen MR) is 75.9 cm³/mol. The van der Waals surface area contributed by atoms with Crippen molar-refractivity contribution in [2.45, 2.75) is 13.3 Å². The van der Waals surface area contributed by atoms with E-state index in [1.807, 2.05) is 18.4 Å². The van der Waals surface area contributed by atoms with Crippen LogP contribution in [0.3, 0.4) is 0 Å². The molecule has 0 N–H and O–H groups in total. The average Bonchev–Trinajstić information content (AvgIpc) is 2.72. The summed E-state index contributed by atoms with van der Waals surface area (Å²) in [5, 5.41) is 1.96. The van der Waals surface area contributed by atoms with Gasteiger partial charge in [-0.2, -0.15) is 0 Å². The molecule has 0 atom stereocenters. The molecule has 1 aromatic heterocycles. The van der Waals surface area contributed by atoms with Crippen molar-refractivity contribution in [1.82, 2.24) is 4.90 Å². The van der Waals surface area contributed by atoms with Crippen molar-refractivity contribution in [3.63, 3.8) is 0 Å². The lowest BCUT2D eigenvalue weighted by molar-refractivity contribution is 0.0970. The summed E-state index contributed by atoms with van der Waals surface area (Å²) >= 11 is 12.9. The second kappa shape index (κ2) is 8.09. The van der Waals surface area contributed by atoms with Crippen LogP contribution in [0.5, 0.6) is 0 Å². The molecule has 2 nitrogen and oxygen atoms in total. The number of nitrogens with zero attached hydrogens (tertiary/aromatic N) is 1. The van der Waals surface area contributed by atoms with E-state index < -0.39 is 0 Å². The van der Waals surface area contributed by atoms with Crippen LogP contribution in [0.15, 0.2) is 11.4 Å². The molecule has 0 aliphatic heterocycles. The van der Waals surface area contributed by atoms with Crippen molar-refractivity contribution in [3.05, 3.63) is 21.9 Å². The molecule has 1 heterocycles. The van der Waals surface area contributed by atoms with Gasteiger partial charge in [0.2, 0.25) is 0 Å². The minimum absolute atomic E-state index is 0.214. The molecular formula is C12H17Cl2NOS. The Hall–Kier alpha value is -0.0900. The van der Waals surface area contributed by atoms with Crippen molar-refractivity contribution in [2.75, 3.05) is 31.4 Å². The first kappa shape index (κ1) is 15.0. The largest absolute Gasteiger partial charge is 0.301 e. The van der Waals surface area contributed by atoms with Gasteiger partial charge >= 0.3 is 0 Å². The Labute approximate surface area is 117 Å². The summed E-state index contributed by atoms with van der Waals surface area (Å²) in [6, 6.07) is 1.98. The van der Waals surface area contributed by atoms with E-state index in [0.717, 1.165) is 30.1 Å². The van der Waals surface area contributed by atoms with E-state index in [2.05, 4.69) is 4.90 Å². The van der Waals surface area contributed by atoms with Crippen LogP contribution in [0.25, 0.3) is 0 Å². The Bertz CT molecular complexity index is 348. The number of halogens is 2. The summed E-state index contributed by atoms with van der Waals surface area (Å²) in [4.78, 5) is 15.0. The zero-order chi connectivity index (χ0) is 12.7. The van der Waals surface area contributed by atoms with E-state index >= 15 is 0 Å². The summed E-state index contributed by atoms with van der Waals surface area (Å²) in [6.07, 6.45) is 0.537. The molecule has 1 rings (SSSR count). The monoisotopic (exact) mass is 293 g/mol. The molecule has 0 unspecified atom stereocenters. The maximum absolute atomic E-state index is 12.0. The predicted octanol–water partition coefficient (Wildman–Crippen LogP) is 3.41. The molecular weight excluding hydrogens is 277 g/mol. The van der Waals surface area contributed by atoms with E-state index in [0.29, 0.717) is 18.2 Å². The first-order valence-electron chi connectivity index (χ1n) is 5.60. The number of rotatable bonds is 8. The van der Waals surface area contributed by atoms with Gasteiger partial charge in [-0.3, -0.25) is 4.79 Å². The fourth-order valence-corrected chi connectivity index (χ4v) is 2.98. The molecule has 0 spiro atoms. The lowest BCUT2D eigenvalue weighted by Crippen LogP contribution is -2.30. The fraction of sp³-hybridized carbons (Fsp3) is 0.583. The average molecular weight is 294 g/mol. The highest BCUT2D eigenvalue weighted by atomic mass is 35.5. The molecule has 17 heavy (non-hydrogen) atoms. The van der Waals surface area contributed by atoms with Crippen LogP contribution in [0.1, 0.15) is 21.7 Å². The minimum atomic E-state index is 0.214. The maximum Gasteiger partial charge on any atom is 0.174 e. The van der Waals surface area contributed by atoms with E-state index in [4.69, 9.17) is 23.2 Å². The normalized spacial score (nSPS) is 11.1. The molecule has 0 aliphatic carbocycles. The smallest absolute Gasteiger partial charge is 0.174 e. The van der Waals surface area contributed by atoms with Crippen LogP contribution in [0.4, 0.5) is 0 Å². The van der Waals surface area contributed by atoms with Gasteiger partial charge in [0, 0.05) is 37.8 Å². The van der Waals surface area contributed by atoms with E-state index in [9.17, 15) is 4.79 Å². The number of carbonyl (C=O) groups excluding carboxylic acids is 1. The first-order valence-corrected chi connectivity index (χ1v) is 7.55. The maximum atomic E-state index is 12.0. The van der Waals surface area contributed by atoms with E-state index in [-0.39, 0.29) is 5.78 Å². The van der Waals surface area contributed by atoms with Crippen molar-refractivity contribution < 1.29 is 4.79 Å². The highest BCUT2D eigenvalue weighted by Gasteiger charge is 2.12. The van der Waals surface area contributed by atoms with Gasteiger partial charge in [-0.15, -0.1) is 34.5 Å². The highest BCUT2D eigenvalue weighted by Crippen LogP contribution is 2.17. The second-order valence-electron chi connectivity index (χ2n) is 3.83. The Morgan fingerprint density at radius 2 is 1.94 bits per heavy atom. The van der Waals surface area contributed by atoms with Crippen molar-refractivity contribution in [2.24, 2.45) is 0 Å². The number of hydrogen-bond donors (Lipinski definition) is 0. The molecule has 5 heteroatoms. The molecule has 0 bridgehead atoms. The van der Waals surface area contributed by atoms with Crippen molar-refractivity contribution in [1.29, 1.82) is 0 Å². The van der Waals surface area contributed by atoms with Crippen LogP contribution in [0, 0.1) is 6.92 Å². The van der Waals surface area contributed by atoms with Crippen LogP contribution >= 0.6 is 34.5 Å². The Morgan fingerprint density at radius 1 is 1.29 bits per heavy atom. The molecule has 0 aliphatic rings. The third kappa shape index (κ3) is 4.96. The Morgan fingerprint density at radius 3 is 2.41 bits per heavy atom. The lowest BCUT2D eigenvalue weighted by atomic mass is 10.1. The van der Waals surface area contributed by atoms with Crippen LogP contribution in [0.2, 0.25) is 0 Å². The summed E-state index contributed by atoms with van der Waals surface area (Å²) in [5.41, 5.74) is 1.07. The highest BCUT2D eigenvalue weighted by molar-refractivity contribution is 7.12. The number of aryl methyl sites for hydroxylation is 1. The number of hydrogen-bond acceptors (Lipinski definition) is 3. The number of ketones is 1. The molecule has 0 saturated carbocycles. The molecule has 0 radical (unpaired) electrons. The molecule has 0 saturated heterocycles.